The lowest BCUT2D eigenvalue weighted by atomic mass is 10.1. The minimum atomic E-state index is -1.11. The molecule has 0 spiro atoms. The van der Waals surface area contributed by atoms with Gasteiger partial charge in [-0.25, -0.2) is 19.2 Å². The molecule has 1 amide bonds. The predicted molar refractivity (Wildman–Crippen MR) is 101 cm³/mol. The molecule has 1 aliphatic rings. The second kappa shape index (κ2) is 6.78. The van der Waals surface area contributed by atoms with E-state index in [1.807, 2.05) is 0 Å². The number of aromatic amines is 1. The van der Waals surface area contributed by atoms with E-state index in [1.165, 1.54) is 36.7 Å². The number of carboxylic acid groups (broad SMARTS) is 1. The summed E-state index contributed by atoms with van der Waals surface area (Å²) < 4.78 is 13.4. The van der Waals surface area contributed by atoms with Crippen molar-refractivity contribution in [3.05, 3.63) is 64.5 Å². The second-order valence-corrected chi connectivity index (χ2v) is 6.25. The first-order valence-corrected chi connectivity index (χ1v) is 8.33. The van der Waals surface area contributed by atoms with Crippen molar-refractivity contribution in [2.24, 2.45) is 0 Å². The monoisotopic (exact) mass is 399 g/mol. The molecule has 1 aliphatic heterocycles. The summed E-state index contributed by atoms with van der Waals surface area (Å²) in [6.45, 7) is 0. The number of hydrogen-bond donors (Lipinski definition) is 4. The maximum Gasteiger partial charge on any atom is 0.352 e. The largest absolute Gasteiger partial charge is 0.477 e. The fourth-order valence-electron chi connectivity index (χ4n) is 2.74. The standard InChI is InChI=1S/C18H11ClFN5O3/c19-11-6-9(1-3-12(11)20)24-15-14-10(17(26)25-16(14)22-7-21-15)5-8-2-4-13(23-8)18(27)28/h1-7,23H,(H,27,28)(H2,21,22,24,25,26). The number of aromatic carboxylic acids is 1. The lowest BCUT2D eigenvalue weighted by Gasteiger charge is -2.10. The van der Waals surface area contributed by atoms with E-state index < -0.39 is 17.7 Å². The molecule has 0 saturated carbocycles. The number of benzene rings is 1. The van der Waals surface area contributed by atoms with E-state index in [0.29, 0.717) is 28.6 Å². The Morgan fingerprint density at radius 2 is 2.07 bits per heavy atom. The van der Waals surface area contributed by atoms with Crippen molar-refractivity contribution in [3.8, 4) is 0 Å². The van der Waals surface area contributed by atoms with Crippen LogP contribution in [-0.4, -0.2) is 31.9 Å². The summed E-state index contributed by atoms with van der Waals surface area (Å²) in [5.74, 6) is -1.48. The third-order valence-corrected chi connectivity index (χ3v) is 4.30. The minimum Gasteiger partial charge on any atom is -0.477 e. The van der Waals surface area contributed by atoms with E-state index >= 15 is 0 Å². The first-order chi connectivity index (χ1) is 13.4. The molecule has 4 rings (SSSR count). The Morgan fingerprint density at radius 3 is 2.79 bits per heavy atom. The van der Waals surface area contributed by atoms with Crippen molar-refractivity contribution in [1.82, 2.24) is 15.0 Å². The second-order valence-electron chi connectivity index (χ2n) is 5.84. The molecule has 8 nitrogen and oxygen atoms in total. The number of rotatable bonds is 4. The van der Waals surface area contributed by atoms with E-state index in [9.17, 15) is 14.0 Å². The maximum absolute atomic E-state index is 13.4. The van der Waals surface area contributed by atoms with E-state index in [1.54, 1.807) is 6.07 Å². The predicted octanol–water partition coefficient (Wildman–Crippen LogP) is 3.53. The molecule has 10 heteroatoms. The third kappa shape index (κ3) is 3.19. The van der Waals surface area contributed by atoms with E-state index in [-0.39, 0.29) is 16.3 Å². The summed E-state index contributed by atoms with van der Waals surface area (Å²) in [6, 6.07) is 7.01. The molecule has 0 saturated heterocycles. The topological polar surface area (TPSA) is 120 Å². The average molecular weight is 400 g/mol. The first kappa shape index (κ1) is 17.7. The Labute approximate surface area is 162 Å². The normalized spacial score (nSPS) is 14.1. The van der Waals surface area contributed by atoms with Gasteiger partial charge in [0.1, 0.15) is 29.5 Å². The van der Waals surface area contributed by atoms with Gasteiger partial charge in [0.25, 0.3) is 5.91 Å². The maximum atomic E-state index is 13.4. The molecular formula is C18H11ClFN5O3. The highest BCUT2D eigenvalue weighted by molar-refractivity contribution is 6.35. The van der Waals surface area contributed by atoms with Crippen LogP contribution in [0.2, 0.25) is 5.02 Å². The Hall–Kier alpha value is -3.72. The van der Waals surface area contributed by atoms with Crippen LogP contribution >= 0.6 is 11.6 Å². The molecule has 0 unspecified atom stereocenters. The molecule has 1 aromatic carbocycles. The van der Waals surface area contributed by atoms with Gasteiger partial charge in [-0.15, -0.1) is 0 Å². The molecule has 140 valence electrons. The van der Waals surface area contributed by atoms with E-state index in [0.717, 1.165) is 0 Å². The van der Waals surface area contributed by atoms with Crippen molar-refractivity contribution in [1.29, 1.82) is 0 Å². The van der Waals surface area contributed by atoms with Gasteiger partial charge in [0.05, 0.1) is 16.2 Å². The number of halogens is 2. The average Bonchev–Trinajstić information content (AvgIpc) is 3.24. The molecule has 0 fully saturated rings. The van der Waals surface area contributed by atoms with Crippen molar-refractivity contribution >= 4 is 52.4 Å². The Kier molecular flexibility index (Phi) is 4.28. The van der Waals surface area contributed by atoms with Crippen LogP contribution in [0, 0.1) is 5.82 Å². The number of aromatic nitrogens is 3. The lowest BCUT2D eigenvalue weighted by molar-refractivity contribution is -0.110. The van der Waals surface area contributed by atoms with Crippen molar-refractivity contribution in [3.63, 3.8) is 0 Å². The van der Waals surface area contributed by atoms with Crippen LogP contribution in [0.5, 0.6) is 0 Å². The summed E-state index contributed by atoms with van der Waals surface area (Å²) in [7, 11) is 0. The summed E-state index contributed by atoms with van der Waals surface area (Å²) >= 11 is 5.81. The number of H-pyrrole nitrogens is 1. The van der Waals surface area contributed by atoms with Gasteiger partial charge in [-0.1, -0.05) is 11.6 Å². The first-order valence-electron chi connectivity index (χ1n) is 7.95. The van der Waals surface area contributed by atoms with Gasteiger partial charge < -0.3 is 20.7 Å². The molecular weight excluding hydrogens is 389 g/mol. The van der Waals surface area contributed by atoms with Crippen molar-refractivity contribution in [2.45, 2.75) is 0 Å². The van der Waals surface area contributed by atoms with Crippen LogP contribution in [-0.2, 0) is 4.79 Å². The zero-order valence-electron chi connectivity index (χ0n) is 14.0. The van der Waals surface area contributed by atoms with Crippen molar-refractivity contribution < 1.29 is 19.1 Å². The number of anilines is 3. The van der Waals surface area contributed by atoms with Crippen LogP contribution < -0.4 is 10.6 Å². The highest BCUT2D eigenvalue weighted by Crippen LogP contribution is 2.37. The zero-order chi connectivity index (χ0) is 19.8. The molecule has 28 heavy (non-hydrogen) atoms. The highest BCUT2D eigenvalue weighted by atomic mass is 35.5. The molecule has 4 N–H and O–H groups in total. The van der Waals surface area contributed by atoms with Gasteiger partial charge in [0, 0.05) is 11.4 Å². The number of amides is 1. The number of carbonyl (C=O) groups excluding carboxylic acids is 1. The fourth-order valence-corrected chi connectivity index (χ4v) is 2.92. The van der Waals surface area contributed by atoms with Gasteiger partial charge in [0.15, 0.2) is 0 Å². The van der Waals surface area contributed by atoms with E-state index in [2.05, 4.69) is 25.6 Å². The van der Waals surface area contributed by atoms with Crippen LogP contribution in [0.3, 0.4) is 0 Å². The number of hydrogen-bond acceptors (Lipinski definition) is 5. The van der Waals surface area contributed by atoms with Gasteiger partial charge in [-0.05, 0) is 36.4 Å². The van der Waals surface area contributed by atoms with Crippen LogP contribution in [0.4, 0.5) is 21.7 Å². The number of nitrogens with zero attached hydrogens (tertiary/aromatic N) is 2. The smallest absolute Gasteiger partial charge is 0.352 e. The quantitative estimate of drug-likeness (QED) is 0.498. The van der Waals surface area contributed by atoms with Crippen molar-refractivity contribution in [2.75, 3.05) is 10.6 Å². The number of fused-ring (bicyclic) bond motifs is 1. The van der Waals surface area contributed by atoms with Gasteiger partial charge in [-0.3, -0.25) is 4.79 Å². The summed E-state index contributed by atoms with van der Waals surface area (Å²) in [5, 5.41) is 14.6. The van der Waals surface area contributed by atoms with Crippen LogP contribution in [0.1, 0.15) is 21.7 Å². The van der Waals surface area contributed by atoms with E-state index in [4.69, 9.17) is 16.7 Å². The zero-order valence-corrected chi connectivity index (χ0v) is 14.7. The Bertz CT molecular complexity index is 1160. The fraction of sp³-hybridized carbons (Fsp3) is 0. The molecule has 3 aromatic rings. The lowest BCUT2D eigenvalue weighted by Crippen LogP contribution is -2.04. The molecule has 0 aliphatic carbocycles. The SMILES string of the molecule is O=C1Nc2ncnc(Nc3ccc(F)c(Cl)c3)c2C1=Cc1ccc(C(=O)O)[nH]1. The Balaban J connectivity index is 1.75. The molecule has 0 radical (unpaired) electrons. The minimum absolute atomic E-state index is 0.00547. The van der Waals surface area contributed by atoms with Crippen LogP contribution in [0.15, 0.2) is 36.7 Å². The molecule has 2 aromatic heterocycles. The third-order valence-electron chi connectivity index (χ3n) is 4.01. The molecule has 0 atom stereocenters. The summed E-state index contributed by atoms with van der Waals surface area (Å²) in [4.78, 5) is 34.3. The van der Waals surface area contributed by atoms with Gasteiger partial charge in [-0.2, -0.15) is 0 Å². The Morgan fingerprint density at radius 1 is 1.25 bits per heavy atom. The number of nitrogens with one attached hydrogen (secondary N) is 3. The van der Waals surface area contributed by atoms with Crippen LogP contribution in [0.25, 0.3) is 11.6 Å². The van der Waals surface area contributed by atoms with Gasteiger partial charge >= 0.3 is 5.97 Å². The summed E-state index contributed by atoms with van der Waals surface area (Å²) in [6.07, 6.45) is 2.77. The van der Waals surface area contributed by atoms with Gasteiger partial charge in [0.2, 0.25) is 0 Å². The highest BCUT2D eigenvalue weighted by Gasteiger charge is 2.29. The molecule has 3 heterocycles. The number of carboxylic acids is 1. The number of carbonyl (C=O) groups is 2. The summed E-state index contributed by atoms with van der Waals surface area (Å²) in [5.41, 5.74) is 1.53. The molecule has 0 bridgehead atoms.